The molecule has 0 radical (unpaired) electrons. The van der Waals surface area contributed by atoms with Crippen molar-refractivity contribution in [3.05, 3.63) is 65.3 Å². The van der Waals surface area contributed by atoms with Crippen molar-refractivity contribution >= 4 is 23.2 Å². The fourth-order valence-electron chi connectivity index (χ4n) is 4.13. The van der Waals surface area contributed by atoms with Crippen LogP contribution in [0.2, 0.25) is 0 Å². The van der Waals surface area contributed by atoms with Gasteiger partial charge in [-0.3, -0.25) is 10.4 Å². The molecule has 7 nitrogen and oxygen atoms in total. The molecule has 0 bridgehead atoms. The summed E-state index contributed by atoms with van der Waals surface area (Å²) >= 11 is 0. The Morgan fingerprint density at radius 3 is 2.86 bits per heavy atom. The highest BCUT2D eigenvalue weighted by molar-refractivity contribution is 5.99. The summed E-state index contributed by atoms with van der Waals surface area (Å²) in [6.07, 6.45) is 2.38. The average Bonchev–Trinajstić information content (AvgIpc) is 2.85. The Balaban J connectivity index is 1.43. The summed E-state index contributed by atoms with van der Waals surface area (Å²) in [7, 11) is 0. The number of ether oxygens (including phenoxy) is 1. The number of aromatic nitrogens is 2. The van der Waals surface area contributed by atoms with Gasteiger partial charge in [0.2, 0.25) is 5.95 Å². The number of rotatable bonds is 6. The van der Waals surface area contributed by atoms with Crippen molar-refractivity contribution in [2.75, 3.05) is 30.0 Å². The number of nitrogens with zero attached hydrogens (tertiary/aromatic N) is 4. The molecule has 192 valence electrons. The monoisotopic (exact) mass is 504 g/mol. The number of morpholine rings is 1. The molecular formula is C25H28F4N6O. The zero-order valence-corrected chi connectivity index (χ0v) is 20.1. The number of hydrogen-bond acceptors (Lipinski definition) is 7. The predicted molar refractivity (Wildman–Crippen MR) is 131 cm³/mol. The lowest BCUT2D eigenvalue weighted by atomic mass is 9.91. The van der Waals surface area contributed by atoms with Crippen LogP contribution in [0.1, 0.15) is 38.7 Å². The third-order valence-corrected chi connectivity index (χ3v) is 5.93. The quantitative estimate of drug-likeness (QED) is 0.396. The van der Waals surface area contributed by atoms with Crippen LogP contribution in [-0.4, -0.2) is 41.5 Å². The van der Waals surface area contributed by atoms with E-state index in [2.05, 4.69) is 25.8 Å². The number of nitrogens with one attached hydrogen (secondary N) is 2. The van der Waals surface area contributed by atoms with Gasteiger partial charge in [0.1, 0.15) is 0 Å². The van der Waals surface area contributed by atoms with E-state index in [-0.39, 0.29) is 23.6 Å². The summed E-state index contributed by atoms with van der Waals surface area (Å²) in [4.78, 5) is 14.6. The van der Waals surface area contributed by atoms with Crippen LogP contribution in [0.5, 0.6) is 0 Å². The maximum atomic E-state index is 14.3. The average molecular weight is 505 g/mol. The smallest absolute Gasteiger partial charge is 0.375 e. The molecule has 36 heavy (non-hydrogen) atoms. The minimum Gasteiger partial charge on any atom is -0.375 e. The van der Waals surface area contributed by atoms with Gasteiger partial charge >= 0.3 is 6.18 Å². The molecule has 1 aromatic carbocycles. The summed E-state index contributed by atoms with van der Waals surface area (Å²) < 4.78 is 58.8. The fourth-order valence-corrected chi connectivity index (χ4v) is 4.13. The Morgan fingerprint density at radius 1 is 1.28 bits per heavy atom. The highest BCUT2D eigenvalue weighted by atomic mass is 19.4. The van der Waals surface area contributed by atoms with Gasteiger partial charge in [-0.25, -0.2) is 9.37 Å². The third kappa shape index (κ3) is 6.39. The molecule has 1 aliphatic heterocycles. The molecule has 0 spiro atoms. The van der Waals surface area contributed by atoms with Gasteiger partial charge in [0, 0.05) is 25.0 Å². The number of hydrogen-bond donors (Lipinski definition) is 2. The van der Waals surface area contributed by atoms with Crippen molar-refractivity contribution in [3.63, 3.8) is 0 Å². The lowest BCUT2D eigenvalue weighted by Crippen LogP contribution is -2.42. The van der Waals surface area contributed by atoms with Gasteiger partial charge in [-0.2, -0.15) is 18.2 Å². The first-order valence-corrected chi connectivity index (χ1v) is 11.8. The molecule has 1 unspecified atom stereocenters. The Hall–Kier alpha value is -3.47. The zero-order valence-electron chi connectivity index (χ0n) is 20.1. The van der Waals surface area contributed by atoms with Crippen molar-refractivity contribution in [2.45, 2.75) is 45.4 Å². The molecule has 0 saturated carbocycles. The highest BCUT2D eigenvalue weighted by Gasteiger charge is 2.30. The van der Waals surface area contributed by atoms with E-state index in [1.165, 1.54) is 6.07 Å². The Labute approximate surface area is 207 Å². The van der Waals surface area contributed by atoms with Crippen molar-refractivity contribution in [1.82, 2.24) is 15.4 Å². The SMILES string of the molecule is CCC1=CC(=Nc2cccc(C(F)(F)F)c2)CCC1=CNNc1ncc(F)c(N2CCOC(C)C2)n1. The number of alkyl halides is 3. The topological polar surface area (TPSA) is 74.7 Å². The minimum atomic E-state index is -4.41. The number of allylic oxidation sites excluding steroid dienone is 3. The Morgan fingerprint density at radius 2 is 2.11 bits per heavy atom. The van der Waals surface area contributed by atoms with Crippen LogP contribution >= 0.6 is 0 Å². The number of aliphatic imine (C=N–C) groups is 1. The van der Waals surface area contributed by atoms with Crippen molar-refractivity contribution in [1.29, 1.82) is 0 Å². The van der Waals surface area contributed by atoms with E-state index in [1.54, 1.807) is 12.3 Å². The standard InChI is InChI=1S/C25H28F4N6O/c1-3-17-11-21(32-20-6-4-5-19(12-20)25(27,28)29)8-7-18(17)13-31-34-24-30-14-22(26)23(33-24)35-9-10-36-16(2)15-35/h4-6,11-14,16,31H,3,7-10,15H2,1-2H3,(H,30,33,34). The van der Waals surface area contributed by atoms with Crippen LogP contribution < -0.4 is 15.8 Å². The molecule has 2 N–H and O–H groups in total. The van der Waals surface area contributed by atoms with Crippen LogP contribution in [0, 0.1) is 5.82 Å². The van der Waals surface area contributed by atoms with E-state index in [9.17, 15) is 17.6 Å². The summed E-state index contributed by atoms with van der Waals surface area (Å²) in [5.74, 6) is -0.0459. The van der Waals surface area contributed by atoms with Crippen LogP contribution in [0.25, 0.3) is 0 Å². The maximum Gasteiger partial charge on any atom is 0.416 e. The molecule has 1 aromatic heterocycles. The van der Waals surface area contributed by atoms with Crippen LogP contribution in [0.3, 0.4) is 0 Å². The Kier molecular flexibility index (Phi) is 7.88. The van der Waals surface area contributed by atoms with Crippen molar-refractivity contribution in [2.24, 2.45) is 4.99 Å². The molecule has 0 amide bonds. The minimum absolute atomic E-state index is 0.0139. The molecule has 2 aromatic rings. The molecule has 2 aliphatic rings. The molecule has 1 aliphatic carbocycles. The summed E-state index contributed by atoms with van der Waals surface area (Å²) in [6.45, 7) is 5.52. The van der Waals surface area contributed by atoms with Gasteiger partial charge in [-0.05, 0) is 61.6 Å². The van der Waals surface area contributed by atoms with Crippen molar-refractivity contribution < 1.29 is 22.3 Å². The molecular weight excluding hydrogens is 476 g/mol. The first-order chi connectivity index (χ1) is 17.2. The molecule has 4 rings (SSSR count). The summed E-state index contributed by atoms with van der Waals surface area (Å²) in [5.41, 5.74) is 8.19. The van der Waals surface area contributed by atoms with E-state index in [4.69, 9.17) is 4.74 Å². The summed E-state index contributed by atoms with van der Waals surface area (Å²) in [5, 5.41) is 0. The van der Waals surface area contributed by atoms with Gasteiger partial charge in [-0.1, -0.05) is 13.0 Å². The second-order valence-corrected chi connectivity index (χ2v) is 8.61. The van der Waals surface area contributed by atoms with Crippen molar-refractivity contribution in [3.8, 4) is 0 Å². The Bertz CT molecular complexity index is 1180. The lowest BCUT2D eigenvalue weighted by molar-refractivity contribution is -0.137. The van der Waals surface area contributed by atoms with Crippen LogP contribution in [0.15, 0.2) is 58.9 Å². The fraction of sp³-hybridized carbons (Fsp3) is 0.400. The zero-order chi connectivity index (χ0) is 25.7. The third-order valence-electron chi connectivity index (χ3n) is 5.93. The van der Waals surface area contributed by atoms with Crippen LogP contribution in [-0.2, 0) is 10.9 Å². The summed E-state index contributed by atoms with van der Waals surface area (Å²) in [6, 6.07) is 5.01. The normalized spacial score (nSPS) is 21.0. The largest absolute Gasteiger partial charge is 0.416 e. The molecule has 1 saturated heterocycles. The van der Waals surface area contributed by atoms with E-state index >= 15 is 0 Å². The second-order valence-electron chi connectivity index (χ2n) is 8.61. The number of benzene rings is 1. The van der Waals surface area contributed by atoms with Gasteiger partial charge in [0.15, 0.2) is 11.6 Å². The first kappa shape index (κ1) is 25.6. The molecule has 1 atom stereocenters. The number of hydrazine groups is 1. The predicted octanol–water partition coefficient (Wildman–Crippen LogP) is 5.56. The first-order valence-electron chi connectivity index (χ1n) is 11.8. The number of halogens is 4. The molecule has 1 fully saturated rings. The van der Waals surface area contributed by atoms with E-state index in [1.807, 2.05) is 24.8 Å². The highest BCUT2D eigenvalue weighted by Crippen LogP contribution is 2.32. The van der Waals surface area contributed by atoms with Gasteiger partial charge in [0.25, 0.3) is 0 Å². The van der Waals surface area contributed by atoms with E-state index in [0.717, 1.165) is 41.6 Å². The van der Waals surface area contributed by atoms with Gasteiger partial charge in [-0.15, -0.1) is 0 Å². The molecule has 11 heteroatoms. The second kappa shape index (κ2) is 11.1. The van der Waals surface area contributed by atoms with E-state index in [0.29, 0.717) is 32.5 Å². The maximum absolute atomic E-state index is 14.3. The lowest BCUT2D eigenvalue weighted by Gasteiger charge is -2.32. The van der Waals surface area contributed by atoms with Crippen LogP contribution in [0.4, 0.5) is 35.0 Å². The van der Waals surface area contributed by atoms with Gasteiger partial charge < -0.3 is 15.1 Å². The molecule has 2 heterocycles. The van der Waals surface area contributed by atoms with Gasteiger partial charge in [0.05, 0.1) is 30.2 Å². The number of anilines is 2. The van der Waals surface area contributed by atoms with E-state index < -0.39 is 17.6 Å².